The number of likely N-dealkylation sites (N-methyl/N-ethyl adjacent to an activating group) is 1. The quantitative estimate of drug-likeness (QED) is 0.0243. The summed E-state index contributed by atoms with van der Waals surface area (Å²) in [6.45, 7) is 4.83. The molecule has 3 N–H and O–H groups in total. The smallest absolute Gasteiger partial charge is 0.387 e. The van der Waals surface area contributed by atoms with Crippen LogP contribution in [-0.2, 0) is 18.4 Å². The van der Waals surface area contributed by atoms with Crippen LogP contribution in [0.4, 0.5) is 0 Å². The van der Waals surface area contributed by atoms with E-state index in [0.717, 1.165) is 51.4 Å². The van der Waals surface area contributed by atoms with Crippen LogP contribution in [0.5, 0.6) is 0 Å². The SMILES string of the molecule is CCCCCCC/C=C\C/C=C\C/C=C\CCCCCCCCCCCCCCCCCCCCCCC(=O)NC(COP(=O)(O)OCC[N+](C)(C)C)C(O)/C=C/CC/C=C/CCCCCCCCCCCCCCCCCCCCCCC. The van der Waals surface area contributed by atoms with Crippen LogP contribution in [-0.4, -0.2) is 73.4 Å². The van der Waals surface area contributed by atoms with Gasteiger partial charge in [-0.15, -0.1) is 0 Å². The summed E-state index contributed by atoms with van der Waals surface area (Å²) in [4.78, 5) is 23.4. The Morgan fingerprint density at radius 3 is 1.04 bits per heavy atom. The number of hydrogen-bond donors (Lipinski definition) is 3. The highest BCUT2D eigenvalue weighted by Crippen LogP contribution is 2.43. The second-order valence-corrected chi connectivity index (χ2v) is 27.8. The third-order valence-electron chi connectivity index (χ3n) is 16.7. The van der Waals surface area contributed by atoms with E-state index in [1.54, 1.807) is 6.08 Å². The molecule has 0 aliphatic rings. The number of nitrogens with one attached hydrogen (secondary N) is 1. The molecule has 0 aromatic rings. The molecule has 0 spiro atoms. The summed E-state index contributed by atoms with van der Waals surface area (Å²) in [5.74, 6) is -0.181. The van der Waals surface area contributed by atoms with Gasteiger partial charge in [0.2, 0.25) is 5.91 Å². The van der Waals surface area contributed by atoms with Gasteiger partial charge in [-0.05, 0) is 70.6 Å². The number of aliphatic hydroxyl groups excluding tert-OH is 1. The number of hydrogen-bond acceptors (Lipinski definition) is 5. The predicted octanol–water partition coefficient (Wildman–Crippen LogP) is 23.6. The normalized spacial score (nSPS) is 13.9. The number of phosphoric acid groups is 1. The number of phosphoric ester groups is 1. The highest BCUT2D eigenvalue weighted by molar-refractivity contribution is 7.47. The van der Waals surface area contributed by atoms with E-state index in [0.29, 0.717) is 17.4 Å². The minimum atomic E-state index is -4.36. The van der Waals surface area contributed by atoms with Gasteiger partial charge in [0.25, 0.3) is 0 Å². The molecule has 0 aromatic carbocycles. The molecule has 0 aliphatic carbocycles. The predicted molar refractivity (Wildman–Crippen MR) is 369 cm³/mol. The van der Waals surface area contributed by atoms with Crippen molar-refractivity contribution in [2.45, 2.75) is 373 Å². The Kier molecular flexibility index (Phi) is 64.2. The van der Waals surface area contributed by atoms with Gasteiger partial charge in [-0.2, -0.15) is 0 Å². The molecule has 8 nitrogen and oxygen atoms in total. The maximum absolute atomic E-state index is 13.1. The molecule has 0 radical (unpaired) electrons. The first-order chi connectivity index (χ1) is 41.0. The zero-order valence-corrected chi connectivity index (χ0v) is 57.5. The average Bonchev–Trinajstić information content (AvgIpc) is 3.56. The first-order valence-corrected chi connectivity index (χ1v) is 38.2. The molecule has 3 atom stereocenters. The lowest BCUT2D eigenvalue weighted by Gasteiger charge is -2.25. The summed E-state index contributed by atoms with van der Waals surface area (Å²) in [7, 11) is 1.57. The molecule has 9 heteroatoms. The van der Waals surface area contributed by atoms with Gasteiger partial charge in [0.15, 0.2) is 0 Å². The number of quaternary nitrogens is 1. The van der Waals surface area contributed by atoms with Crippen LogP contribution in [0.1, 0.15) is 361 Å². The molecule has 0 rings (SSSR count). The molecule has 0 fully saturated rings. The van der Waals surface area contributed by atoms with Crippen LogP contribution in [0, 0.1) is 0 Å². The summed E-state index contributed by atoms with van der Waals surface area (Å²) in [5.41, 5.74) is 0. The van der Waals surface area contributed by atoms with Gasteiger partial charge in [-0.3, -0.25) is 13.8 Å². The Labute approximate surface area is 523 Å². The van der Waals surface area contributed by atoms with Gasteiger partial charge >= 0.3 is 7.82 Å². The van der Waals surface area contributed by atoms with Crippen molar-refractivity contribution in [1.29, 1.82) is 0 Å². The Hall–Kier alpha value is -1.80. The monoisotopic (exact) mass is 1200 g/mol. The van der Waals surface area contributed by atoms with Gasteiger partial charge in [0, 0.05) is 6.42 Å². The van der Waals surface area contributed by atoms with E-state index in [9.17, 15) is 19.4 Å². The van der Waals surface area contributed by atoms with E-state index < -0.39 is 20.0 Å². The standard InChI is InChI=1S/C75H143N2O6P/c1-6-8-10-12-14-16-18-20-22-24-26-28-30-32-34-35-36-37-38-39-40-41-43-45-47-49-51-53-55-57-59-61-63-65-67-69-75(79)76-73(72-83-84(80,81)82-71-70-77(3,4)5)74(78)68-66-64-62-60-58-56-54-52-50-48-46-44-42-33-31-29-27-25-23-21-19-17-15-13-11-9-7-2/h18,20,24,26,30,32,58,60,66,68,73-74,78H,6-17,19,21-23,25,27-29,31,33-57,59,61-65,67,69-72H2,1-5H3,(H-,76,79,80,81)/p+1/b20-18-,26-24-,32-30-,60-58+,68-66+. The second-order valence-electron chi connectivity index (χ2n) is 26.3. The van der Waals surface area contributed by atoms with Crippen LogP contribution < -0.4 is 5.32 Å². The summed E-state index contributed by atoms with van der Waals surface area (Å²) in [5, 5.41) is 14.0. The fourth-order valence-corrected chi connectivity index (χ4v) is 11.7. The van der Waals surface area contributed by atoms with Crippen LogP contribution in [0.3, 0.4) is 0 Å². The number of carbonyl (C=O) groups is 1. The van der Waals surface area contributed by atoms with Crippen molar-refractivity contribution in [2.75, 3.05) is 40.9 Å². The summed E-state index contributed by atoms with van der Waals surface area (Å²) in [6, 6.07) is -0.866. The lowest BCUT2D eigenvalue weighted by molar-refractivity contribution is -0.870. The van der Waals surface area contributed by atoms with E-state index >= 15 is 0 Å². The van der Waals surface area contributed by atoms with Crippen LogP contribution in [0.25, 0.3) is 0 Å². The molecule has 0 saturated heterocycles. The van der Waals surface area contributed by atoms with Crippen molar-refractivity contribution < 1.29 is 32.9 Å². The Bertz CT molecular complexity index is 1550. The van der Waals surface area contributed by atoms with E-state index in [2.05, 4.69) is 67.8 Å². The largest absolute Gasteiger partial charge is 0.472 e. The molecule has 0 aromatic heterocycles. The Morgan fingerprint density at radius 2 is 0.690 bits per heavy atom. The number of amides is 1. The highest BCUT2D eigenvalue weighted by Gasteiger charge is 2.28. The van der Waals surface area contributed by atoms with Crippen LogP contribution in [0.2, 0.25) is 0 Å². The van der Waals surface area contributed by atoms with Crippen LogP contribution in [0.15, 0.2) is 60.8 Å². The first kappa shape index (κ1) is 82.2. The maximum Gasteiger partial charge on any atom is 0.472 e. The number of nitrogens with zero attached hydrogens (tertiary/aromatic N) is 1. The molecule has 0 bridgehead atoms. The van der Waals surface area contributed by atoms with Gasteiger partial charge in [-0.1, -0.05) is 344 Å². The third kappa shape index (κ3) is 67.7. The summed E-state index contributed by atoms with van der Waals surface area (Å²) >= 11 is 0. The topological polar surface area (TPSA) is 105 Å². The van der Waals surface area contributed by atoms with Gasteiger partial charge in [0.05, 0.1) is 39.9 Å². The summed E-state index contributed by atoms with van der Waals surface area (Å²) < 4.78 is 23.8. The minimum Gasteiger partial charge on any atom is -0.387 e. The second kappa shape index (κ2) is 65.6. The number of aliphatic hydroxyl groups is 1. The molecular formula is C75H144N2O6P+. The lowest BCUT2D eigenvalue weighted by atomic mass is 10.0. The Balaban J connectivity index is 4.04. The van der Waals surface area contributed by atoms with Crippen molar-refractivity contribution >= 4 is 13.7 Å². The zero-order chi connectivity index (χ0) is 61.2. The Morgan fingerprint density at radius 1 is 0.405 bits per heavy atom. The maximum atomic E-state index is 13.1. The van der Waals surface area contributed by atoms with E-state index in [-0.39, 0.29) is 19.1 Å². The van der Waals surface area contributed by atoms with E-state index in [1.807, 2.05) is 27.2 Å². The number of carbonyl (C=O) groups excluding carboxylic acids is 1. The average molecular weight is 1200 g/mol. The molecule has 0 aliphatic heterocycles. The number of unbranched alkanes of at least 4 members (excludes halogenated alkanes) is 47. The van der Waals surface area contributed by atoms with Crippen LogP contribution >= 0.6 is 7.82 Å². The minimum absolute atomic E-state index is 0.0566. The van der Waals surface area contributed by atoms with E-state index in [4.69, 9.17) is 9.05 Å². The molecule has 84 heavy (non-hydrogen) atoms. The van der Waals surface area contributed by atoms with E-state index in [1.165, 1.54) is 289 Å². The molecular weight excluding hydrogens is 1060 g/mol. The number of allylic oxidation sites excluding steroid dienone is 9. The summed E-state index contributed by atoms with van der Waals surface area (Å²) in [6.07, 6.45) is 91.0. The third-order valence-corrected chi connectivity index (χ3v) is 17.7. The fraction of sp³-hybridized carbons (Fsp3) is 0.853. The van der Waals surface area contributed by atoms with Gasteiger partial charge in [-0.25, -0.2) is 4.57 Å². The van der Waals surface area contributed by atoms with Crippen molar-refractivity contribution in [1.82, 2.24) is 5.32 Å². The molecule has 3 unspecified atom stereocenters. The fourth-order valence-electron chi connectivity index (χ4n) is 11.0. The van der Waals surface area contributed by atoms with Crippen molar-refractivity contribution in [2.24, 2.45) is 0 Å². The van der Waals surface area contributed by atoms with Crippen molar-refractivity contribution in [3.63, 3.8) is 0 Å². The molecule has 0 heterocycles. The number of rotatable bonds is 68. The van der Waals surface area contributed by atoms with Gasteiger partial charge in [0.1, 0.15) is 13.2 Å². The van der Waals surface area contributed by atoms with Crippen molar-refractivity contribution in [3.05, 3.63) is 60.8 Å². The lowest BCUT2D eigenvalue weighted by Crippen LogP contribution is -2.45. The van der Waals surface area contributed by atoms with Crippen molar-refractivity contribution in [3.8, 4) is 0 Å². The molecule has 494 valence electrons. The highest BCUT2D eigenvalue weighted by atomic mass is 31.2. The first-order valence-electron chi connectivity index (χ1n) is 36.7. The zero-order valence-electron chi connectivity index (χ0n) is 56.7. The van der Waals surface area contributed by atoms with Gasteiger partial charge < -0.3 is 19.8 Å². The molecule has 0 saturated carbocycles. The molecule has 1 amide bonds.